The molecule has 0 spiro atoms. The van der Waals surface area contributed by atoms with Crippen LogP contribution in [0.25, 0.3) is 37.4 Å². The minimum absolute atomic E-state index is 0.968. The van der Waals surface area contributed by atoms with E-state index in [4.69, 9.17) is 4.40 Å². The first kappa shape index (κ1) is 18.6. The molecule has 2 heterocycles. The quantitative estimate of drug-likeness (QED) is 0.231. The highest BCUT2D eigenvalue weighted by molar-refractivity contribution is 8.07. The number of aromatic nitrogens is 1. The van der Waals surface area contributed by atoms with E-state index >= 15 is 0 Å². The highest BCUT2D eigenvalue weighted by Gasteiger charge is 2.15. The van der Waals surface area contributed by atoms with Crippen LogP contribution in [0.1, 0.15) is 5.56 Å². The van der Waals surface area contributed by atoms with Crippen molar-refractivity contribution in [2.45, 2.75) is 0 Å². The van der Waals surface area contributed by atoms with E-state index in [9.17, 15) is 0 Å². The van der Waals surface area contributed by atoms with Crippen LogP contribution in [0.3, 0.4) is 0 Å². The van der Waals surface area contributed by atoms with E-state index in [0.29, 0.717) is 0 Å². The maximum absolute atomic E-state index is 4.95. The van der Waals surface area contributed by atoms with Gasteiger partial charge in [0.1, 0.15) is 0 Å². The molecule has 1 aliphatic heterocycles. The van der Waals surface area contributed by atoms with Gasteiger partial charge in [-0.25, -0.2) is 9.38 Å². The van der Waals surface area contributed by atoms with E-state index in [1.807, 2.05) is 12.1 Å². The number of hydrogen-bond acceptors (Lipinski definition) is 3. The van der Waals surface area contributed by atoms with Crippen LogP contribution in [-0.4, -0.2) is 4.98 Å². The van der Waals surface area contributed by atoms with Gasteiger partial charge in [-0.3, -0.25) is 0 Å². The van der Waals surface area contributed by atoms with E-state index in [2.05, 4.69) is 102 Å². The monoisotopic (exact) mass is 437 g/mol. The van der Waals surface area contributed by atoms with Crippen molar-refractivity contribution in [2.75, 3.05) is 0 Å². The molecular formula is C30H17N2S. The molecule has 3 heteroatoms. The number of rotatable bonds is 1. The molecule has 0 bridgehead atoms. The first-order chi connectivity index (χ1) is 16.4. The zero-order valence-electron chi connectivity index (χ0n) is 17.6. The largest absolute Gasteiger partial charge is 0.245 e. The summed E-state index contributed by atoms with van der Waals surface area (Å²) in [6.07, 6.45) is 3.32. The van der Waals surface area contributed by atoms with Crippen molar-refractivity contribution >= 4 is 49.3 Å². The Bertz CT molecular complexity index is 1960. The van der Waals surface area contributed by atoms with Gasteiger partial charge < -0.3 is 0 Å². The Morgan fingerprint density at radius 3 is 2.15 bits per heavy atom. The first-order valence-electron chi connectivity index (χ1n) is 10.9. The Morgan fingerprint density at radius 1 is 0.606 bits per heavy atom. The van der Waals surface area contributed by atoms with Gasteiger partial charge in [0.15, 0.2) is 0 Å². The summed E-state index contributed by atoms with van der Waals surface area (Å²) < 4.78 is 4.95. The van der Waals surface area contributed by atoms with Crippen molar-refractivity contribution < 1.29 is 0 Å². The Kier molecular flexibility index (Phi) is 4.11. The number of para-hydroxylation sites is 1. The summed E-state index contributed by atoms with van der Waals surface area (Å²) >= 11 is 1.56. The van der Waals surface area contributed by atoms with E-state index in [1.165, 1.54) is 37.4 Å². The second-order valence-corrected chi connectivity index (χ2v) is 8.98. The summed E-state index contributed by atoms with van der Waals surface area (Å²) in [6, 6.07) is 36.2. The lowest BCUT2D eigenvalue weighted by atomic mass is 9.94. The molecule has 5 aromatic carbocycles. The number of benzene rings is 5. The van der Waals surface area contributed by atoms with Crippen molar-refractivity contribution in [1.29, 1.82) is 0 Å². The van der Waals surface area contributed by atoms with Gasteiger partial charge in [-0.2, -0.15) is 0 Å². The van der Waals surface area contributed by atoms with Crippen LogP contribution in [0.15, 0.2) is 108 Å². The summed E-state index contributed by atoms with van der Waals surface area (Å²) in [5.74, 6) is 0. The van der Waals surface area contributed by atoms with Crippen molar-refractivity contribution in [3.63, 3.8) is 0 Å². The fourth-order valence-electron chi connectivity index (χ4n) is 4.88. The van der Waals surface area contributed by atoms with E-state index in [0.717, 1.165) is 26.6 Å². The lowest BCUT2D eigenvalue weighted by molar-refractivity contribution is 1.35. The normalized spacial score (nSPS) is 12.9. The Hall–Kier alpha value is -3.95. The molecule has 0 atom stereocenters. The maximum atomic E-state index is 4.95. The zero-order valence-corrected chi connectivity index (χ0v) is 18.4. The highest BCUT2D eigenvalue weighted by Crippen LogP contribution is 2.38. The van der Waals surface area contributed by atoms with Crippen molar-refractivity contribution in [3.8, 4) is 0 Å². The fourth-order valence-corrected chi connectivity index (χ4v) is 5.77. The Morgan fingerprint density at radius 2 is 1.27 bits per heavy atom. The predicted octanol–water partition coefficient (Wildman–Crippen LogP) is 6.07. The van der Waals surface area contributed by atoms with Gasteiger partial charge in [0.2, 0.25) is 0 Å². The van der Waals surface area contributed by atoms with Crippen LogP contribution in [0.5, 0.6) is 0 Å². The van der Waals surface area contributed by atoms with Gasteiger partial charge in [-0.1, -0.05) is 84.9 Å². The summed E-state index contributed by atoms with van der Waals surface area (Å²) in [5, 5.41) is 10.4. The van der Waals surface area contributed by atoms with Crippen molar-refractivity contribution in [2.24, 2.45) is 4.40 Å². The van der Waals surface area contributed by atoms with Gasteiger partial charge in [0, 0.05) is 38.2 Å². The predicted molar refractivity (Wildman–Crippen MR) is 137 cm³/mol. The molecule has 0 N–H and O–H groups in total. The Labute approximate surface area is 194 Å². The number of pyridine rings is 1. The molecule has 33 heavy (non-hydrogen) atoms. The van der Waals surface area contributed by atoms with Crippen LogP contribution in [0.4, 0.5) is 0 Å². The lowest BCUT2D eigenvalue weighted by Crippen LogP contribution is -2.09. The minimum Gasteiger partial charge on any atom is -0.245 e. The Balaban J connectivity index is 1.70. The van der Waals surface area contributed by atoms with Gasteiger partial charge in [0.25, 0.3) is 0 Å². The molecule has 1 radical (unpaired) electrons. The molecule has 2 nitrogen and oxygen atoms in total. The summed E-state index contributed by atoms with van der Waals surface area (Å²) in [5.41, 5.74) is 2.13. The van der Waals surface area contributed by atoms with Gasteiger partial charge >= 0.3 is 0 Å². The number of fused-ring (bicyclic) bond motifs is 7. The summed E-state index contributed by atoms with van der Waals surface area (Å²) in [7, 11) is 0. The first-order valence-corrected chi connectivity index (χ1v) is 11.7. The standard InChI is InChI=1S/C30H17N2S/c1-3-12-23-21(10-1)26(17-19-18-31-27-15-7-6-14-25(27)29(19)23)30-24-13-4-2-9-20(24)22-11-5-8-16-28(22)32-33-30/h1-17H. The molecule has 1 aliphatic rings. The lowest BCUT2D eigenvalue weighted by Gasteiger charge is -2.13. The fraction of sp³-hybridized carbons (Fsp3) is 0. The molecule has 0 amide bonds. The third-order valence-corrected chi connectivity index (χ3v) is 7.27. The molecule has 0 fully saturated rings. The SMILES string of the molecule is [c]1nc2ccccc2c2c1cc(C1=c3ccccc3=c3ccccc3=NS1)c1ccccc12. The average Bonchev–Trinajstić information content (AvgIpc) is 3.05. The molecule has 0 saturated carbocycles. The van der Waals surface area contributed by atoms with E-state index in [-0.39, 0.29) is 0 Å². The van der Waals surface area contributed by atoms with Crippen LogP contribution >= 0.6 is 11.9 Å². The summed E-state index contributed by atoms with van der Waals surface area (Å²) in [4.78, 5) is 5.79. The smallest absolute Gasteiger partial charge is 0.0979 e. The molecule has 1 aromatic heterocycles. The molecule has 153 valence electrons. The van der Waals surface area contributed by atoms with Crippen LogP contribution in [0, 0.1) is 16.6 Å². The van der Waals surface area contributed by atoms with Crippen LogP contribution in [-0.2, 0) is 0 Å². The van der Waals surface area contributed by atoms with E-state index in [1.54, 1.807) is 11.9 Å². The molecule has 0 unspecified atom stereocenters. The van der Waals surface area contributed by atoms with Gasteiger partial charge in [-0.15, -0.1) is 0 Å². The number of nitrogens with zero attached hydrogens (tertiary/aromatic N) is 2. The average molecular weight is 438 g/mol. The van der Waals surface area contributed by atoms with Crippen molar-refractivity contribution in [1.82, 2.24) is 4.98 Å². The third kappa shape index (κ3) is 2.83. The van der Waals surface area contributed by atoms with E-state index < -0.39 is 0 Å². The molecular weight excluding hydrogens is 420 g/mol. The molecule has 7 rings (SSSR count). The highest BCUT2D eigenvalue weighted by atomic mass is 32.2. The van der Waals surface area contributed by atoms with Gasteiger partial charge in [0.05, 0.1) is 17.1 Å². The van der Waals surface area contributed by atoms with Gasteiger partial charge in [-0.05, 0) is 45.0 Å². The molecule has 6 aromatic rings. The third-order valence-electron chi connectivity index (χ3n) is 6.36. The van der Waals surface area contributed by atoms with Crippen LogP contribution < -0.4 is 10.6 Å². The number of hydrogen-bond donors (Lipinski definition) is 0. The topological polar surface area (TPSA) is 25.2 Å². The second kappa shape index (κ2) is 7.29. The molecule has 0 saturated heterocycles. The van der Waals surface area contributed by atoms with Crippen molar-refractivity contribution in [3.05, 3.63) is 136 Å². The second-order valence-electron chi connectivity index (χ2n) is 8.21. The summed E-state index contributed by atoms with van der Waals surface area (Å²) in [6.45, 7) is 0. The molecule has 0 aliphatic carbocycles. The minimum atomic E-state index is 0.968. The maximum Gasteiger partial charge on any atom is 0.0979 e. The van der Waals surface area contributed by atoms with Crippen LogP contribution in [0.2, 0.25) is 0 Å². The zero-order chi connectivity index (χ0) is 21.8.